The second-order valence-corrected chi connectivity index (χ2v) is 11.9. The molecule has 1 aromatic heterocycles. The van der Waals surface area contributed by atoms with E-state index in [0.717, 1.165) is 23.9 Å². The normalized spacial score (nSPS) is 22.4. The lowest BCUT2D eigenvalue weighted by atomic mass is 9.65. The molecule has 2 unspecified atom stereocenters. The third-order valence-electron chi connectivity index (χ3n) is 7.90. The maximum Gasteiger partial charge on any atom is 0.304 e. The van der Waals surface area contributed by atoms with Crippen LogP contribution in [-0.4, -0.2) is 60.1 Å². The molecule has 10 heteroatoms. The number of rotatable bonds is 9. The third kappa shape index (κ3) is 5.67. The van der Waals surface area contributed by atoms with Gasteiger partial charge in [-0.1, -0.05) is 44.1 Å². The first-order valence-corrected chi connectivity index (χ1v) is 13.5. The topological polar surface area (TPSA) is 110 Å². The second-order valence-electron chi connectivity index (χ2n) is 11.9. The van der Waals surface area contributed by atoms with Crippen LogP contribution in [0, 0.1) is 10.8 Å². The van der Waals surface area contributed by atoms with Gasteiger partial charge in [0.1, 0.15) is 0 Å². The number of nitrogens with zero attached hydrogens (tertiary/aromatic N) is 5. The fraction of sp³-hybridized carbons (Fsp3) is 0.467. The summed E-state index contributed by atoms with van der Waals surface area (Å²) in [5, 5.41) is 23.7. The number of fused-ring (bicyclic) bond motifs is 3. The molecule has 5 rings (SSSR count). The Hall–Kier alpha value is -3.92. The Balaban J connectivity index is 1.27. The van der Waals surface area contributed by atoms with Crippen molar-refractivity contribution < 1.29 is 24.2 Å². The number of aromatic nitrogens is 1. The quantitative estimate of drug-likeness (QED) is 0.203. The number of benzene rings is 2. The van der Waals surface area contributed by atoms with E-state index in [1.165, 1.54) is 19.1 Å². The molecule has 3 aromatic rings. The van der Waals surface area contributed by atoms with Crippen molar-refractivity contribution in [1.82, 2.24) is 9.47 Å². The summed E-state index contributed by atoms with van der Waals surface area (Å²) in [6, 6.07) is 13.4. The minimum atomic E-state index is -0.621. The molecule has 40 heavy (non-hydrogen) atoms. The summed E-state index contributed by atoms with van der Waals surface area (Å²) in [5.41, 5.74) is 2.42. The lowest BCUT2D eigenvalue weighted by Crippen LogP contribution is -2.35. The Morgan fingerprint density at radius 1 is 1.10 bits per heavy atom. The van der Waals surface area contributed by atoms with Crippen LogP contribution in [0.4, 0.5) is 5.69 Å². The molecule has 0 radical (unpaired) electrons. The van der Waals surface area contributed by atoms with E-state index < -0.39 is 12.5 Å². The maximum atomic E-state index is 12.4. The van der Waals surface area contributed by atoms with Crippen molar-refractivity contribution in [3.8, 4) is 17.4 Å². The number of hydrogen-bond donors (Lipinski definition) is 1. The largest absolute Gasteiger partial charge is 0.493 e. The van der Waals surface area contributed by atoms with Gasteiger partial charge in [-0.25, -0.2) is 0 Å². The molecule has 1 saturated carbocycles. The van der Waals surface area contributed by atoms with Gasteiger partial charge in [-0.3, -0.25) is 14.3 Å². The molecule has 212 valence electrons. The van der Waals surface area contributed by atoms with Gasteiger partial charge in [-0.2, -0.15) is 0 Å². The molecule has 1 aliphatic heterocycles. The number of likely N-dealkylation sites (tertiary alicyclic amines) is 1. The zero-order chi connectivity index (χ0) is 28.5. The molecule has 2 fully saturated rings. The molecular weight excluding hydrogens is 510 g/mol. The maximum absolute atomic E-state index is 12.4. The van der Waals surface area contributed by atoms with Crippen LogP contribution < -0.4 is 9.47 Å². The predicted molar refractivity (Wildman–Crippen MR) is 152 cm³/mol. The summed E-state index contributed by atoms with van der Waals surface area (Å²) < 4.78 is 12.4. The molecule has 2 aromatic carbocycles. The predicted octanol–water partition coefficient (Wildman–Crippen LogP) is 5.88. The van der Waals surface area contributed by atoms with Crippen LogP contribution >= 0.6 is 0 Å². The lowest BCUT2D eigenvalue weighted by molar-refractivity contribution is -0.122. The minimum absolute atomic E-state index is 0.00370. The van der Waals surface area contributed by atoms with Gasteiger partial charge in [0.05, 0.1) is 32.6 Å². The van der Waals surface area contributed by atoms with E-state index in [2.05, 4.69) is 41.1 Å². The molecule has 1 N–H and O–H groups in total. The summed E-state index contributed by atoms with van der Waals surface area (Å²) in [7, 11) is 3.11. The highest BCUT2D eigenvalue weighted by atomic mass is 16.6. The molecule has 1 aliphatic carbocycles. The zero-order valence-electron chi connectivity index (χ0n) is 23.8. The van der Waals surface area contributed by atoms with Crippen LogP contribution in [0.1, 0.15) is 45.6 Å². The Bertz CT molecular complexity index is 1460. The van der Waals surface area contributed by atoms with Crippen molar-refractivity contribution in [2.75, 3.05) is 27.4 Å². The standard InChI is InChI=1S/C30H37N5O5/c1-29(2)13-21-14-30(3,17-29)18-34(21)19-35-23-9-7-6-8-22(23)27(28(35)37)33-32-26(36)16-40-31-15-20-10-11-24(38-4)25(12-20)39-5/h6-12,15,21,37H,13-14,16-19H2,1-5H3. The number of hydrogen-bond acceptors (Lipinski definition) is 8. The van der Waals surface area contributed by atoms with Gasteiger partial charge in [0.2, 0.25) is 5.88 Å². The summed E-state index contributed by atoms with van der Waals surface area (Å²) in [6.07, 6.45) is 4.97. The van der Waals surface area contributed by atoms with E-state index in [0.29, 0.717) is 35.2 Å². The number of ether oxygens (including phenoxy) is 2. The van der Waals surface area contributed by atoms with Gasteiger partial charge in [0.25, 0.3) is 0 Å². The van der Waals surface area contributed by atoms with Gasteiger partial charge in [-0.05, 0) is 54.4 Å². The van der Waals surface area contributed by atoms with Gasteiger partial charge in [0.15, 0.2) is 23.8 Å². The minimum Gasteiger partial charge on any atom is -0.493 e. The van der Waals surface area contributed by atoms with E-state index >= 15 is 0 Å². The number of aromatic hydroxyl groups is 1. The fourth-order valence-electron chi connectivity index (χ4n) is 6.70. The lowest BCUT2D eigenvalue weighted by Gasteiger charge is -2.40. The monoisotopic (exact) mass is 547 g/mol. The first kappa shape index (κ1) is 27.6. The molecule has 10 nitrogen and oxygen atoms in total. The Labute approximate surface area is 234 Å². The van der Waals surface area contributed by atoms with Crippen molar-refractivity contribution in [3.05, 3.63) is 48.0 Å². The van der Waals surface area contributed by atoms with Crippen molar-refractivity contribution >= 4 is 28.7 Å². The molecule has 1 saturated heterocycles. The van der Waals surface area contributed by atoms with E-state index in [1.54, 1.807) is 32.4 Å². The van der Waals surface area contributed by atoms with Gasteiger partial charge in [-0.15, -0.1) is 10.2 Å². The van der Waals surface area contributed by atoms with E-state index in [1.807, 2.05) is 28.8 Å². The van der Waals surface area contributed by atoms with E-state index in [4.69, 9.17) is 14.3 Å². The Morgan fingerprint density at radius 3 is 2.65 bits per heavy atom. The number of methoxy groups -OCH3 is 2. The third-order valence-corrected chi connectivity index (χ3v) is 7.90. The van der Waals surface area contributed by atoms with E-state index in [-0.39, 0.29) is 17.0 Å². The van der Waals surface area contributed by atoms with E-state index in [9.17, 15) is 9.90 Å². The molecule has 1 amide bonds. The number of amides is 1. The number of azo groups is 1. The van der Waals surface area contributed by atoms with Crippen LogP contribution in [0.3, 0.4) is 0 Å². The van der Waals surface area contributed by atoms with Crippen LogP contribution in [0.2, 0.25) is 0 Å². The highest BCUT2D eigenvalue weighted by Crippen LogP contribution is 2.53. The van der Waals surface area contributed by atoms with Crippen LogP contribution in [-0.2, 0) is 16.3 Å². The van der Waals surface area contributed by atoms with Crippen molar-refractivity contribution in [2.45, 2.75) is 52.7 Å². The fourth-order valence-corrected chi connectivity index (χ4v) is 6.70. The molecule has 2 atom stereocenters. The Kier molecular flexibility index (Phi) is 7.55. The zero-order valence-corrected chi connectivity index (χ0v) is 23.8. The van der Waals surface area contributed by atoms with Crippen LogP contribution in [0.15, 0.2) is 57.8 Å². The first-order valence-electron chi connectivity index (χ1n) is 13.5. The summed E-state index contributed by atoms with van der Waals surface area (Å²) in [5.74, 6) is 0.531. The molecular formula is C30H37N5O5. The van der Waals surface area contributed by atoms with Gasteiger partial charge >= 0.3 is 5.91 Å². The molecule has 0 spiro atoms. The molecule has 2 aliphatic rings. The second kappa shape index (κ2) is 10.9. The van der Waals surface area contributed by atoms with Crippen molar-refractivity contribution in [3.63, 3.8) is 0 Å². The number of para-hydroxylation sites is 1. The van der Waals surface area contributed by atoms with Crippen LogP contribution in [0.5, 0.6) is 17.4 Å². The van der Waals surface area contributed by atoms with Crippen molar-refractivity contribution in [1.29, 1.82) is 0 Å². The average Bonchev–Trinajstić information content (AvgIpc) is 3.32. The number of carbonyl (C=O) groups excluding carboxylic acids is 1. The molecule has 2 bridgehead atoms. The summed E-state index contributed by atoms with van der Waals surface area (Å²) in [4.78, 5) is 20.0. The summed E-state index contributed by atoms with van der Waals surface area (Å²) in [6.45, 7) is 8.23. The SMILES string of the molecule is COc1ccc(C=NOCC(=O)N=Nc2c(O)n(CN3CC4(C)CC3CC(C)(C)C4)c3ccccc23)cc1OC. The average molecular weight is 548 g/mol. The van der Waals surface area contributed by atoms with Crippen molar-refractivity contribution in [2.24, 2.45) is 26.2 Å². The first-order chi connectivity index (χ1) is 19.1. The highest BCUT2D eigenvalue weighted by molar-refractivity contribution is 5.95. The number of carbonyl (C=O) groups is 1. The molecule has 2 heterocycles. The van der Waals surface area contributed by atoms with Gasteiger partial charge in [0, 0.05) is 23.5 Å². The van der Waals surface area contributed by atoms with Crippen LogP contribution in [0.25, 0.3) is 10.9 Å². The van der Waals surface area contributed by atoms with Gasteiger partial charge < -0.3 is 19.4 Å². The summed E-state index contributed by atoms with van der Waals surface area (Å²) >= 11 is 0. The smallest absolute Gasteiger partial charge is 0.304 e. The number of oxime groups is 1. The Morgan fingerprint density at radius 2 is 1.88 bits per heavy atom. The highest BCUT2D eigenvalue weighted by Gasteiger charge is 2.49.